The molecule has 0 bridgehead atoms. The Morgan fingerprint density at radius 1 is 0.850 bits per heavy atom. The molecule has 0 aromatic heterocycles. The van der Waals surface area contributed by atoms with Crippen LogP contribution in [0.2, 0.25) is 5.04 Å². The molecule has 3 aromatic rings. The third-order valence-electron chi connectivity index (χ3n) is 16.2. The highest BCUT2D eigenvalue weighted by molar-refractivity contribution is 6.99. The fourth-order valence-electron chi connectivity index (χ4n) is 13.2. The number of methoxy groups -OCH3 is 2. The van der Waals surface area contributed by atoms with Gasteiger partial charge in [-0.2, -0.15) is 0 Å². The van der Waals surface area contributed by atoms with E-state index in [1.54, 1.807) is 12.7 Å². The standard InChI is InChI=1S/C52H70O7Si/c1-34(46-47(48(53)55-10)58-50(5,6)57-46)41-25-26-42-45-43(28-30-52(41,42)8)51(7)29-27-38(31-36(51)32-44(45)56-33-35-21-23-37(54-9)24-22-35)59-60(49(2,3)4,39-17-13-11-14-18-39)40-19-15-12-16-20-40/h11-24,26,34,36,38,41,43-47H,25,27-33H2,1-10H3/t34-,36-,38+,41+,43-,44+,45-,46-,47+,51-,52+/m0/s1. The summed E-state index contributed by atoms with van der Waals surface area (Å²) in [6, 6.07) is 30.6. The van der Waals surface area contributed by atoms with Crippen LogP contribution in [-0.2, 0) is 34.8 Å². The van der Waals surface area contributed by atoms with Crippen LogP contribution in [0.3, 0.4) is 0 Å². The van der Waals surface area contributed by atoms with Crippen molar-refractivity contribution in [1.29, 1.82) is 0 Å². The fourth-order valence-corrected chi connectivity index (χ4v) is 17.9. The summed E-state index contributed by atoms with van der Waals surface area (Å²) < 4.78 is 38.6. The van der Waals surface area contributed by atoms with E-state index in [1.165, 1.54) is 17.5 Å². The highest BCUT2D eigenvalue weighted by atomic mass is 28.4. The van der Waals surface area contributed by atoms with Gasteiger partial charge in [-0.05, 0) is 126 Å². The van der Waals surface area contributed by atoms with Gasteiger partial charge in [0, 0.05) is 12.0 Å². The zero-order valence-electron chi connectivity index (χ0n) is 37.9. The molecule has 0 N–H and O–H groups in total. The van der Waals surface area contributed by atoms with Gasteiger partial charge >= 0.3 is 5.97 Å². The highest BCUT2D eigenvalue weighted by Crippen LogP contribution is 2.68. The smallest absolute Gasteiger partial charge is 0.337 e. The van der Waals surface area contributed by atoms with Crippen LogP contribution >= 0.6 is 0 Å². The molecule has 324 valence electrons. The molecular weight excluding hydrogens is 765 g/mol. The molecule has 8 rings (SSSR count). The van der Waals surface area contributed by atoms with E-state index in [4.69, 9.17) is 28.1 Å². The summed E-state index contributed by atoms with van der Waals surface area (Å²) in [4.78, 5) is 13.0. The zero-order valence-corrected chi connectivity index (χ0v) is 38.9. The SMILES string of the molecule is COC(=O)[C@@H]1OC(C)(C)O[C@H]1[C@@H](C)[C@H]1CC=C2[C@@H]3[C@H](OCc4ccc(OC)cc4)C[C@@H]4C[C@H](O[Si](c5ccccc5)(c5ccccc5)C(C)(C)C)CC[C@]4(C)[C@H]3CC[C@@]21C. The Morgan fingerprint density at radius 2 is 1.50 bits per heavy atom. The number of rotatable bonds is 11. The molecule has 1 heterocycles. The molecular formula is C52H70O7Si. The van der Waals surface area contributed by atoms with E-state index in [-0.39, 0.29) is 46.1 Å². The third kappa shape index (κ3) is 7.54. The maximum absolute atomic E-state index is 13.0. The monoisotopic (exact) mass is 834 g/mol. The molecule has 0 spiro atoms. The summed E-state index contributed by atoms with van der Waals surface area (Å²) in [6.45, 7) is 18.9. The first kappa shape index (κ1) is 43.4. The zero-order chi connectivity index (χ0) is 42.7. The molecule has 4 aliphatic carbocycles. The minimum atomic E-state index is -2.72. The minimum absolute atomic E-state index is 0.0359. The van der Waals surface area contributed by atoms with Crippen LogP contribution in [0.4, 0.5) is 0 Å². The topological polar surface area (TPSA) is 72.5 Å². The van der Waals surface area contributed by atoms with Gasteiger partial charge in [-0.1, -0.05) is 126 Å². The number of benzene rings is 3. The van der Waals surface area contributed by atoms with Crippen LogP contribution < -0.4 is 15.1 Å². The van der Waals surface area contributed by atoms with E-state index in [0.717, 1.165) is 56.3 Å². The minimum Gasteiger partial charge on any atom is -0.497 e. The lowest BCUT2D eigenvalue weighted by atomic mass is 9.45. The van der Waals surface area contributed by atoms with E-state index < -0.39 is 20.2 Å². The van der Waals surface area contributed by atoms with Crippen molar-refractivity contribution < 1.29 is 32.9 Å². The predicted octanol–water partition coefficient (Wildman–Crippen LogP) is 10.0. The molecule has 7 nitrogen and oxygen atoms in total. The first-order valence-electron chi connectivity index (χ1n) is 22.7. The average Bonchev–Trinajstić information content (AvgIpc) is 3.77. The normalized spacial score (nSPS) is 34.1. The molecule has 5 aliphatic rings. The summed E-state index contributed by atoms with van der Waals surface area (Å²) in [5.41, 5.74) is 2.88. The summed E-state index contributed by atoms with van der Waals surface area (Å²) in [5, 5.41) is 2.62. The molecule has 3 aromatic carbocycles. The molecule has 0 amide bonds. The second-order valence-corrected chi connectivity index (χ2v) is 25.1. The van der Waals surface area contributed by atoms with Crippen LogP contribution in [-0.4, -0.2) is 58.7 Å². The summed E-state index contributed by atoms with van der Waals surface area (Å²) in [5.74, 6) is 1.36. The summed E-state index contributed by atoms with van der Waals surface area (Å²) in [7, 11) is 0.437. The van der Waals surface area contributed by atoms with E-state index >= 15 is 0 Å². The Morgan fingerprint density at radius 3 is 2.10 bits per heavy atom. The Bertz CT molecular complexity index is 1950. The Kier molecular flexibility index (Phi) is 11.9. The van der Waals surface area contributed by atoms with Gasteiger partial charge in [0.1, 0.15) is 11.9 Å². The Hall–Kier alpha value is -3.27. The van der Waals surface area contributed by atoms with Crippen LogP contribution in [0.25, 0.3) is 0 Å². The lowest BCUT2D eigenvalue weighted by molar-refractivity contribution is -0.169. The van der Waals surface area contributed by atoms with Gasteiger partial charge in [0.05, 0.1) is 26.9 Å². The number of hydrogen-bond acceptors (Lipinski definition) is 7. The van der Waals surface area contributed by atoms with Crippen molar-refractivity contribution in [2.75, 3.05) is 14.2 Å². The second kappa shape index (κ2) is 16.5. The number of hydrogen-bond donors (Lipinski definition) is 0. The number of carbonyl (C=O) groups is 1. The molecule has 3 saturated carbocycles. The van der Waals surface area contributed by atoms with Crippen molar-refractivity contribution in [2.24, 2.45) is 40.4 Å². The molecule has 8 heteroatoms. The van der Waals surface area contributed by atoms with E-state index in [1.807, 2.05) is 26.0 Å². The van der Waals surface area contributed by atoms with Gasteiger partial charge in [-0.25, -0.2) is 4.79 Å². The number of esters is 1. The highest BCUT2D eigenvalue weighted by Gasteiger charge is 2.63. The van der Waals surface area contributed by atoms with Crippen molar-refractivity contribution in [3.05, 3.63) is 102 Å². The lowest BCUT2D eigenvalue weighted by Crippen LogP contribution is -2.68. The van der Waals surface area contributed by atoms with Gasteiger partial charge < -0.3 is 28.1 Å². The first-order chi connectivity index (χ1) is 28.5. The average molecular weight is 835 g/mol. The van der Waals surface area contributed by atoms with Crippen molar-refractivity contribution in [3.63, 3.8) is 0 Å². The van der Waals surface area contributed by atoms with Crippen LogP contribution in [0, 0.1) is 40.4 Å². The van der Waals surface area contributed by atoms with E-state index in [0.29, 0.717) is 30.3 Å². The molecule has 60 heavy (non-hydrogen) atoms. The number of carbonyl (C=O) groups excluding carboxylic acids is 1. The number of fused-ring (bicyclic) bond motifs is 5. The van der Waals surface area contributed by atoms with E-state index in [2.05, 4.69) is 120 Å². The van der Waals surface area contributed by atoms with Crippen molar-refractivity contribution >= 4 is 24.7 Å². The molecule has 0 radical (unpaired) electrons. The van der Waals surface area contributed by atoms with Gasteiger partial charge in [0.25, 0.3) is 8.32 Å². The molecule has 1 aliphatic heterocycles. The summed E-state index contributed by atoms with van der Waals surface area (Å²) in [6.07, 6.45) is 9.23. The van der Waals surface area contributed by atoms with Crippen LogP contribution in [0.5, 0.6) is 5.75 Å². The van der Waals surface area contributed by atoms with Crippen LogP contribution in [0.1, 0.15) is 106 Å². The number of allylic oxidation sites excluding steroid dienone is 1. The Labute approximate surface area is 361 Å². The van der Waals surface area contributed by atoms with Crippen LogP contribution in [0.15, 0.2) is 96.6 Å². The molecule has 11 atom stereocenters. The maximum Gasteiger partial charge on any atom is 0.337 e. The fraction of sp³-hybridized carbons (Fsp3) is 0.596. The van der Waals surface area contributed by atoms with Crippen molar-refractivity contribution in [2.45, 2.75) is 142 Å². The summed E-state index contributed by atoms with van der Waals surface area (Å²) >= 11 is 0. The number of ether oxygens (including phenoxy) is 5. The van der Waals surface area contributed by atoms with Gasteiger partial charge in [0.2, 0.25) is 0 Å². The van der Waals surface area contributed by atoms with Gasteiger partial charge in [-0.15, -0.1) is 0 Å². The first-order valence-corrected chi connectivity index (χ1v) is 24.6. The third-order valence-corrected chi connectivity index (χ3v) is 21.3. The molecule has 1 saturated heterocycles. The maximum atomic E-state index is 13.0. The quantitative estimate of drug-likeness (QED) is 0.108. The lowest BCUT2D eigenvalue weighted by Gasteiger charge is -2.62. The van der Waals surface area contributed by atoms with Gasteiger partial charge in [0.15, 0.2) is 11.9 Å². The van der Waals surface area contributed by atoms with Gasteiger partial charge in [-0.3, -0.25) is 0 Å². The largest absolute Gasteiger partial charge is 0.497 e. The Balaban J connectivity index is 1.10. The van der Waals surface area contributed by atoms with Crippen molar-refractivity contribution in [1.82, 2.24) is 0 Å². The predicted molar refractivity (Wildman–Crippen MR) is 240 cm³/mol. The second-order valence-electron chi connectivity index (χ2n) is 20.8. The van der Waals surface area contributed by atoms with Crippen molar-refractivity contribution in [3.8, 4) is 5.75 Å². The van der Waals surface area contributed by atoms with E-state index in [9.17, 15) is 4.79 Å². The molecule has 4 fully saturated rings. The molecule has 0 unspecified atom stereocenters.